The summed E-state index contributed by atoms with van der Waals surface area (Å²) in [6.45, 7) is 8.50. The highest BCUT2D eigenvalue weighted by molar-refractivity contribution is 5.85. The maximum atomic E-state index is 11.8. The third-order valence-electron chi connectivity index (χ3n) is 3.21. The molecule has 0 saturated heterocycles. The quantitative estimate of drug-likeness (QED) is 0.844. The van der Waals surface area contributed by atoms with Crippen molar-refractivity contribution in [1.82, 2.24) is 0 Å². The molecular weight excluding hydrogens is 288 g/mol. The number of nitrogens with zero attached hydrogens (tertiary/aromatic N) is 1. The van der Waals surface area contributed by atoms with E-state index in [0.717, 1.165) is 17.9 Å². The number of ether oxygens (including phenoxy) is 1. The van der Waals surface area contributed by atoms with E-state index in [1.807, 2.05) is 63.2 Å². The number of carbonyl (C=O) groups is 1. The van der Waals surface area contributed by atoms with Crippen molar-refractivity contribution in [3.05, 3.63) is 54.6 Å². The Kier molecular flexibility index (Phi) is 5.27. The van der Waals surface area contributed by atoms with Crippen molar-refractivity contribution in [3.8, 4) is 0 Å². The van der Waals surface area contributed by atoms with E-state index in [4.69, 9.17) is 4.74 Å². The van der Waals surface area contributed by atoms with Gasteiger partial charge in [0.2, 0.25) is 0 Å². The molecule has 0 aromatic heterocycles. The van der Waals surface area contributed by atoms with Gasteiger partial charge in [0, 0.05) is 23.6 Å². The second-order valence-corrected chi connectivity index (χ2v) is 6.25. The first kappa shape index (κ1) is 16.9. The molecule has 1 N–H and O–H groups in total. The molecule has 2 aromatic rings. The first-order valence-electron chi connectivity index (χ1n) is 7.81. The van der Waals surface area contributed by atoms with Crippen molar-refractivity contribution < 1.29 is 9.53 Å². The number of para-hydroxylation sites is 1. The second-order valence-electron chi connectivity index (χ2n) is 6.25. The number of rotatable bonds is 4. The molecule has 0 radical (unpaired) electrons. The summed E-state index contributed by atoms with van der Waals surface area (Å²) in [5.74, 6) is 0. The van der Waals surface area contributed by atoms with Gasteiger partial charge in [-0.3, -0.25) is 5.32 Å². The van der Waals surface area contributed by atoms with E-state index in [0.29, 0.717) is 5.69 Å². The van der Waals surface area contributed by atoms with Crippen molar-refractivity contribution in [2.75, 3.05) is 16.8 Å². The van der Waals surface area contributed by atoms with Crippen LogP contribution in [0.3, 0.4) is 0 Å². The minimum absolute atomic E-state index is 0.444. The Balaban J connectivity index is 2.08. The molecule has 0 aliphatic heterocycles. The van der Waals surface area contributed by atoms with Gasteiger partial charge in [0.25, 0.3) is 0 Å². The maximum Gasteiger partial charge on any atom is 0.412 e. The summed E-state index contributed by atoms with van der Waals surface area (Å²) in [5.41, 5.74) is 2.43. The Labute approximate surface area is 138 Å². The minimum Gasteiger partial charge on any atom is -0.444 e. The van der Waals surface area contributed by atoms with Gasteiger partial charge in [0.1, 0.15) is 5.60 Å². The molecule has 23 heavy (non-hydrogen) atoms. The summed E-state index contributed by atoms with van der Waals surface area (Å²) in [7, 11) is 0. The van der Waals surface area contributed by atoms with E-state index in [1.165, 1.54) is 0 Å². The lowest BCUT2D eigenvalue weighted by atomic mass is 10.2. The molecule has 0 aliphatic rings. The van der Waals surface area contributed by atoms with E-state index >= 15 is 0 Å². The summed E-state index contributed by atoms with van der Waals surface area (Å²) in [6, 6.07) is 18.0. The van der Waals surface area contributed by atoms with Crippen LogP contribution in [0.1, 0.15) is 27.7 Å². The Morgan fingerprint density at radius 1 is 1.00 bits per heavy atom. The number of amides is 1. The predicted molar refractivity (Wildman–Crippen MR) is 95.4 cm³/mol. The van der Waals surface area contributed by atoms with Crippen molar-refractivity contribution in [2.45, 2.75) is 33.3 Å². The fourth-order valence-electron chi connectivity index (χ4n) is 2.27. The minimum atomic E-state index is -0.504. The van der Waals surface area contributed by atoms with Gasteiger partial charge in [-0.2, -0.15) is 0 Å². The van der Waals surface area contributed by atoms with Crippen LogP contribution in [0, 0.1) is 0 Å². The summed E-state index contributed by atoms with van der Waals surface area (Å²) in [4.78, 5) is 14.0. The second kappa shape index (κ2) is 7.18. The van der Waals surface area contributed by atoms with Gasteiger partial charge in [-0.25, -0.2) is 4.79 Å². The smallest absolute Gasteiger partial charge is 0.412 e. The highest BCUT2D eigenvalue weighted by atomic mass is 16.6. The Bertz CT molecular complexity index is 631. The molecule has 0 bridgehead atoms. The number of hydrogen-bond donors (Lipinski definition) is 1. The first-order chi connectivity index (χ1) is 10.9. The van der Waals surface area contributed by atoms with Gasteiger partial charge in [-0.1, -0.05) is 18.2 Å². The Morgan fingerprint density at radius 3 is 2.09 bits per heavy atom. The molecule has 0 fully saturated rings. The highest BCUT2D eigenvalue weighted by Gasteiger charge is 2.16. The largest absolute Gasteiger partial charge is 0.444 e. The number of anilines is 3. The molecule has 0 atom stereocenters. The third kappa shape index (κ3) is 5.02. The van der Waals surface area contributed by atoms with Crippen LogP contribution >= 0.6 is 0 Å². The van der Waals surface area contributed by atoms with Crippen LogP contribution in [0.4, 0.5) is 21.9 Å². The van der Waals surface area contributed by atoms with E-state index in [2.05, 4.69) is 29.3 Å². The van der Waals surface area contributed by atoms with Crippen LogP contribution in [0.25, 0.3) is 0 Å². The summed E-state index contributed by atoms with van der Waals surface area (Å²) in [6.07, 6.45) is -0.444. The molecule has 0 heterocycles. The number of hydrogen-bond acceptors (Lipinski definition) is 3. The number of nitrogens with one attached hydrogen (secondary N) is 1. The van der Waals surface area contributed by atoms with Crippen LogP contribution in [0.15, 0.2) is 54.6 Å². The van der Waals surface area contributed by atoms with Gasteiger partial charge >= 0.3 is 6.09 Å². The SMILES string of the molecule is CCN(c1ccccc1)c1ccc(NC(=O)OC(C)(C)C)cc1. The van der Waals surface area contributed by atoms with Gasteiger partial charge in [-0.15, -0.1) is 0 Å². The predicted octanol–water partition coefficient (Wildman–Crippen LogP) is 5.19. The molecule has 122 valence electrons. The first-order valence-corrected chi connectivity index (χ1v) is 7.81. The van der Waals surface area contributed by atoms with Gasteiger partial charge in [0.15, 0.2) is 0 Å². The van der Waals surface area contributed by atoms with Crippen LogP contribution in [0.2, 0.25) is 0 Å². The molecule has 4 nitrogen and oxygen atoms in total. The van der Waals surface area contributed by atoms with Crippen molar-refractivity contribution >= 4 is 23.2 Å². The van der Waals surface area contributed by atoms with E-state index in [9.17, 15) is 4.79 Å². The fourth-order valence-corrected chi connectivity index (χ4v) is 2.27. The molecule has 1 amide bonds. The monoisotopic (exact) mass is 312 g/mol. The standard InChI is InChI=1S/C19H24N2O2/c1-5-21(16-9-7-6-8-10-16)17-13-11-15(12-14-17)20-18(22)23-19(2,3)4/h6-14H,5H2,1-4H3,(H,20,22). The lowest BCUT2D eigenvalue weighted by molar-refractivity contribution is 0.0636. The lowest BCUT2D eigenvalue weighted by Gasteiger charge is -2.23. The normalized spacial score (nSPS) is 11.0. The van der Waals surface area contributed by atoms with Crippen molar-refractivity contribution in [2.24, 2.45) is 0 Å². The molecule has 2 aromatic carbocycles. The topological polar surface area (TPSA) is 41.6 Å². The lowest BCUT2D eigenvalue weighted by Crippen LogP contribution is -2.27. The molecule has 0 unspecified atom stereocenters. The molecule has 4 heteroatoms. The van der Waals surface area contributed by atoms with Gasteiger partial charge in [0.05, 0.1) is 0 Å². The number of benzene rings is 2. The maximum absolute atomic E-state index is 11.8. The Hall–Kier alpha value is -2.49. The van der Waals surface area contributed by atoms with Gasteiger partial charge in [-0.05, 0) is 64.1 Å². The molecule has 0 spiro atoms. The van der Waals surface area contributed by atoms with Crippen molar-refractivity contribution in [1.29, 1.82) is 0 Å². The summed E-state index contributed by atoms with van der Waals surface area (Å²) >= 11 is 0. The molecule has 0 saturated carbocycles. The fraction of sp³-hybridized carbons (Fsp3) is 0.316. The van der Waals surface area contributed by atoms with Crippen LogP contribution in [0.5, 0.6) is 0 Å². The van der Waals surface area contributed by atoms with Crippen LogP contribution < -0.4 is 10.2 Å². The molecular formula is C19H24N2O2. The summed E-state index contributed by atoms with van der Waals surface area (Å²) in [5, 5.41) is 2.74. The average molecular weight is 312 g/mol. The van der Waals surface area contributed by atoms with Gasteiger partial charge < -0.3 is 9.64 Å². The van der Waals surface area contributed by atoms with E-state index in [1.54, 1.807) is 0 Å². The zero-order valence-corrected chi connectivity index (χ0v) is 14.2. The van der Waals surface area contributed by atoms with E-state index < -0.39 is 11.7 Å². The molecule has 0 aliphatic carbocycles. The van der Waals surface area contributed by atoms with Crippen molar-refractivity contribution in [3.63, 3.8) is 0 Å². The molecule has 2 rings (SSSR count). The summed E-state index contributed by atoms with van der Waals surface area (Å²) < 4.78 is 5.25. The zero-order chi connectivity index (χ0) is 16.9. The Morgan fingerprint density at radius 2 is 1.57 bits per heavy atom. The average Bonchev–Trinajstić information content (AvgIpc) is 2.49. The van der Waals surface area contributed by atoms with Crippen LogP contribution in [-0.4, -0.2) is 18.2 Å². The number of carbonyl (C=O) groups excluding carboxylic acids is 1. The third-order valence-corrected chi connectivity index (χ3v) is 3.21. The zero-order valence-electron chi connectivity index (χ0n) is 14.2. The van der Waals surface area contributed by atoms with E-state index in [-0.39, 0.29) is 0 Å². The highest BCUT2D eigenvalue weighted by Crippen LogP contribution is 2.26. The van der Waals surface area contributed by atoms with Crippen LogP contribution in [-0.2, 0) is 4.74 Å².